The number of hydrogen-bond acceptors (Lipinski definition) is 4. The molecule has 0 fully saturated rings. The smallest absolute Gasteiger partial charge is 0.325 e. The first-order chi connectivity index (χ1) is 7.65. The molecule has 1 N–H and O–H groups in total. The summed E-state index contributed by atoms with van der Waals surface area (Å²) in [4.78, 5) is 24.2. The molecule has 1 amide bonds. The van der Waals surface area contributed by atoms with Gasteiger partial charge in [-0.2, -0.15) is 0 Å². The van der Waals surface area contributed by atoms with Gasteiger partial charge in [0.05, 0.1) is 13.7 Å². The zero-order valence-electron chi connectivity index (χ0n) is 9.99. The molecule has 0 aliphatic heterocycles. The van der Waals surface area contributed by atoms with E-state index in [2.05, 4.69) is 16.6 Å². The van der Waals surface area contributed by atoms with Crippen LogP contribution >= 0.6 is 0 Å². The average Bonchev–Trinajstić information content (AvgIpc) is 2.28. The molecule has 0 rings (SSSR count). The molecule has 0 aliphatic rings. The third-order valence-electron chi connectivity index (χ3n) is 1.96. The van der Waals surface area contributed by atoms with Gasteiger partial charge >= 0.3 is 5.97 Å². The SMILES string of the molecule is C=CCNCC(=O)N(CCC)CC(=O)OC. The maximum atomic E-state index is 11.7. The molecule has 0 saturated heterocycles. The number of nitrogens with zero attached hydrogens (tertiary/aromatic N) is 1. The van der Waals surface area contributed by atoms with E-state index in [1.165, 1.54) is 12.0 Å². The van der Waals surface area contributed by atoms with E-state index < -0.39 is 5.97 Å². The summed E-state index contributed by atoms with van der Waals surface area (Å²) in [6.45, 7) is 6.85. The number of hydrogen-bond donors (Lipinski definition) is 1. The Labute approximate surface area is 96.4 Å². The van der Waals surface area contributed by atoms with Crippen LogP contribution in [0, 0.1) is 0 Å². The van der Waals surface area contributed by atoms with Crippen LogP contribution in [0.5, 0.6) is 0 Å². The quantitative estimate of drug-likeness (QED) is 0.365. The molecule has 5 heteroatoms. The Morgan fingerprint density at radius 3 is 2.69 bits per heavy atom. The van der Waals surface area contributed by atoms with Crippen molar-refractivity contribution < 1.29 is 14.3 Å². The fourth-order valence-corrected chi connectivity index (χ4v) is 1.18. The lowest BCUT2D eigenvalue weighted by Gasteiger charge is -2.20. The van der Waals surface area contributed by atoms with Gasteiger partial charge in [0.2, 0.25) is 5.91 Å². The lowest BCUT2D eigenvalue weighted by atomic mass is 10.3. The fourth-order valence-electron chi connectivity index (χ4n) is 1.18. The second-order valence-electron chi connectivity index (χ2n) is 3.31. The second-order valence-corrected chi connectivity index (χ2v) is 3.31. The Hall–Kier alpha value is -1.36. The van der Waals surface area contributed by atoms with Crippen LogP contribution in [-0.4, -0.2) is 50.1 Å². The van der Waals surface area contributed by atoms with Crippen LogP contribution < -0.4 is 5.32 Å². The third-order valence-corrected chi connectivity index (χ3v) is 1.96. The first kappa shape index (κ1) is 14.6. The maximum Gasteiger partial charge on any atom is 0.325 e. The summed E-state index contributed by atoms with van der Waals surface area (Å²) in [6, 6.07) is 0. The number of amides is 1. The Balaban J connectivity index is 4.11. The van der Waals surface area contributed by atoms with Crippen molar-refractivity contribution in [3.63, 3.8) is 0 Å². The highest BCUT2D eigenvalue weighted by Crippen LogP contribution is 1.93. The molecule has 0 atom stereocenters. The molecule has 0 aromatic carbocycles. The highest BCUT2D eigenvalue weighted by Gasteiger charge is 2.15. The molecular weight excluding hydrogens is 208 g/mol. The zero-order valence-corrected chi connectivity index (χ0v) is 9.99. The Kier molecular flexibility index (Phi) is 8.15. The van der Waals surface area contributed by atoms with Gasteiger partial charge in [-0.3, -0.25) is 9.59 Å². The Morgan fingerprint density at radius 1 is 1.50 bits per heavy atom. The van der Waals surface area contributed by atoms with Crippen molar-refractivity contribution in [2.75, 3.05) is 33.3 Å². The molecular formula is C11H20N2O3. The van der Waals surface area contributed by atoms with E-state index in [0.717, 1.165) is 6.42 Å². The van der Waals surface area contributed by atoms with Crippen LogP contribution in [0.25, 0.3) is 0 Å². The van der Waals surface area contributed by atoms with Crippen molar-refractivity contribution in [1.82, 2.24) is 10.2 Å². The van der Waals surface area contributed by atoms with Crippen LogP contribution in [0.3, 0.4) is 0 Å². The average molecular weight is 228 g/mol. The van der Waals surface area contributed by atoms with Gasteiger partial charge in [0.25, 0.3) is 0 Å². The minimum Gasteiger partial charge on any atom is -0.468 e. The van der Waals surface area contributed by atoms with Gasteiger partial charge in [0, 0.05) is 13.1 Å². The predicted molar refractivity (Wildman–Crippen MR) is 62.0 cm³/mol. The van der Waals surface area contributed by atoms with E-state index in [1.54, 1.807) is 6.08 Å². The van der Waals surface area contributed by atoms with Crippen LogP contribution in [0.15, 0.2) is 12.7 Å². The van der Waals surface area contributed by atoms with E-state index in [1.807, 2.05) is 6.92 Å². The summed E-state index contributed by atoms with van der Waals surface area (Å²) >= 11 is 0. The number of carbonyl (C=O) groups is 2. The van der Waals surface area contributed by atoms with Crippen LogP contribution in [0.1, 0.15) is 13.3 Å². The van der Waals surface area contributed by atoms with Gasteiger partial charge in [0.1, 0.15) is 6.54 Å². The number of carbonyl (C=O) groups excluding carboxylic acids is 2. The second kappa shape index (κ2) is 8.91. The number of nitrogens with one attached hydrogen (secondary N) is 1. The summed E-state index contributed by atoms with van der Waals surface area (Å²) in [5.74, 6) is -0.500. The van der Waals surface area contributed by atoms with E-state index >= 15 is 0 Å². The van der Waals surface area contributed by atoms with Gasteiger partial charge < -0.3 is 15.0 Å². The van der Waals surface area contributed by atoms with Gasteiger partial charge in [0.15, 0.2) is 0 Å². The van der Waals surface area contributed by atoms with Gasteiger partial charge in [-0.1, -0.05) is 13.0 Å². The van der Waals surface area contributed by atoms with E-state index in [9.17, 15) is 9.59 Å². The summed E-state index contributed by atoms with van der Waals surface area (Å²) in [5, 5.41) is 2.90. The molecule has 5 nitrogen and oxygen atoms in total. The van der Waals surface area contributed by atoms with Crippen molar-refractivity contribution >= 4 is 11.9 Å². The molecule has 0 unspecified atom stereocenters. The lowest BCUT2D eigenvalue weighted by Crippen LogP contribution is -2.41. The van der Waals surface area contributed by atoms with Crippen molar-refractivity contribution in [2.24, 2.45) is 0 Å². The Morgan fingerprint density at radius 2 is 2.19 bits per heavy atom. The number of ether oxygens (including phenoxy) is 1. The molecule has 0 radical (unpaired) electrons. The third kappa shape index (κ3) is 6.19. The molecule has 0 aromatic rings. The first-order valence-electron chi connectivity index (χ1n) is 5.31. The zero-order chi connectivity index (χ0) is 12.4. The molecule has 0 spiro atoms. The molecule has 92 valence electrons. The number of rotatable bonds is 8. The normalized spacial score (nSPS) is 9.62. The highest BCUT2D eigenvalue weighted by atomic mass is 16.5. The van der Waals surface area contributed by atoms with Gasteiger partial charge in [-0.15, -0.1) is 6.58 Å². The summed E-state index contributed by atoms with van der Waals surface area (Å²) < 4.78 is 4.53. The minimum atomic E-state index is -0.398. The molecule has 16 heavy (non-hydrogen) atoms. The first-order valence-corrected chi connectivity index (χ1v) is 5.31. The van der Waals surface area contributed by atoms with E-state index in [-0.39, 0.29) is 19.0 Å². The standard InChI is InChI=1S/C11H20N2O3/c1-4-6-12-8-10(14)13(7-5-2)9-11(15)16-3/h4,12H,1,5-9H2,2-3H3. The van der Waals surface area contributed by atoms with Crippen LogP contribution in [0.2, 0.25) is 0 Å². The number of methoxy groups -OCH3 is 1. The molecule has 0 aliphatic carbocycles. The lowest BCUT2D eigenvalue weighted by molar-refractivity contribution is -0.146. The van der Waals surface area contributed by atoms with Crippen LogP contribution in [0.4, 0.5) is 0 Å². The van der Waals surface area contributed by atoms with Crippen molar-refractivity contribution in [3.8, 4) is 0 Å². The van der Waals surface area contributed by atoms with Crippen molar-refractivity contribution in [3.05, 3.63) is 12.7 Å². The summed E-state index contributed by atoms with van der Waals surface area (Å²) in [5.41, 5.74) is 0. The van der Waals surface area contributed by atoms with Crippen molar-refractivity contribution in [2.45, 2.75) is 13.3 Å². The molecule has 0 saturated carbocycles. The summed E-state index contributed by atoms with van der Waals surface area (Å²) in [7, 11) is 1.31. The predicted octanol–water partition coefficient (Wildman–Crippen LogP) is 0.174. The maximum absolute atomic E-state index is 11.7. The van der Waals surface area contributed by atoms with Crippen LogP contribution in [-0.2, 0) is 14.3 Å². The van der Waals surface area contributed by atoms with E-state index in [4.69, 9.17) is 0 Å². The Bertz CT molecular complexity index is 241. The number of esters is 1. The van der Waals surface area contributed by atoms with Crippen molar-refractivity contribution in [1.29, 1.82) is 0 Å². The molecule has 0 aromatic heterocycles. The molecule has 0 heterocycles. The summed E-state index contributed by atoms with van der Waals surface area (Å²) in [6.07, 6.45) is 2.49. The molecule has 0 bridgehead atoms. The topological polar surface area (TPSA) is 58.6 Å². The minimum absolute atomic E-state index is 0.0128. The fraction of sp³-hybridized carbons (Fsp3) is 0.636. The largest absolute Gasteiger partial charge is 0.468 e. The monoisotopic (exact) mass is 228 g/mol. The van der Waals surface area contributed by atoms with Gasteiger partial charge in [-0.05, 0) is 6.42 Å². The van der Waals surface area contributed by atoms with Gasteiger partial charge in [-0.25, -0.2) is 0 Å². The highest BCUT2D eigenvalue weighted by molar-refractivity contribution is 5.83. The van der Waals surface area contributed by atoms with E-state index in [0.29, 0.717) is 13.1 Å².